The SMILES string of the molecule is [CH2-]N1CCCN(C2CCN(C)CC2)CC1. The van der Waals surface area contributed by atoms with Crippen LogP contribution in [0.5, 0.6) is 0 Å². The zero-order valence-electron chi connectivity index (χ0n) is 9.99. The van der Waals surface area contributed by atoms with Gasteiger partial charge in [0.25, 0.3) is 0 Å². The molecule has 0 unspecified atom stereocenters. The molecule has 88 valence electrons. The third kappa shape index (κ3) is 3.16. The van der Waals surface area contributed by atoms with Crippen LogP contribution in [-0.4, -0.2) is 67.1 Å². The summed E-state index contributed by atoms with van der Waals surface area (Å²) in [5.74, 6) is 0. The molecule has 2 rings (SSSR count). The van der Waals surface area contributed by atoms with Gasteiger partial charge in [0.2, 0.25) is 0 Å². The molecule has 2 aliphatic heterocycles. The van der Waals surface area contributed by atoms with Crippen LogP contribution in [0.15, 0.2) is 0 Å². The molecule has 2 heterocycles. The number of rotatable bonds is 1. The van der Waals surface area contributed by atoms with E-state index in [1.807, 2.05) is 0 Å². The predicted octanol–water partition coefficient (Wildman–Crippen LogP) is 0.880. The summed E-state index contributed by atoms with van der Waals surface area (Å²) < 4.78 is 0. The van der Waals surface area contributed by atoms with Crippen LogP contribution >= 0.6 is 0 Å². The first kappa shape index (κ1) is 11.4. The maximum Gasteiger partial charge on any atom is 0.0120 e. The van der Waals surface area contributed by atoms with Crippen LogP contribution in [0, 0.1) is 7.05 Å². The summed E-state index contributed by atoms with van der Waals surface area (Å²) in [5, 5.41) is 0. The fraction of sp³-hybridized carbons (Fsp3) is 0.917. The van der Waals surface area contributed by atoms with Crippen molar-refractivity contribution in [2.75, 3.05) is 46.3 Å². The van der Waals surface area contributed by atoms with Crippen molar-refractivity contribution < 1.29 is 0 Å². The lowest BCUT2D eigenvalue weighted by atomic mass is 10.0. The molecule has 3 nitrogen and oxygen atoms in total. The summed E-state index contributed by atoms with van der Waals surface area (Å²) in [6, 6.07) is 0.840. The molecule has 0 aromatic heterocycles. The van der Waals surface area contributed by atoms with Gasteiger partial charge < -0.3 is 9.80 Å². The van der Waals surface area contributed by atoms with Crippen molar-refractivity contribution in [3.8, 4) is 0 Å². The molecule has 0 spiro atoms. The van der Waals surface area contributed by atoms with Gasteiger partial charge in [-0.05, 0) is 59.0 Å². The van der Waals surface area contributed by atoms with Crippen molar-refractivity contribution in [3.05, 3.63) is 7.05 Å². The number of hydrogen-bond acceptors (Lipinski definition) is 3. The molecule has 0 amide bonds. The summed E-state index contributed by atoms with van der Waals surface area (Å²) in [6.07, 6.45) is 4.00. The van der Waals surface area contributed by atoms with Gasteiger partial charge in [0.05, 0.1) is 0 Å². The summed E-state index contributed by atoms with van der Waals surface area (Å²) in [4.78, 5) is 7.36. The summed E-state index contributed by atoms with van der Waals surface area (Å²) in [7, 11) is 6.28. The Bertz CT molecular complexity index is 187. The second-order valence-electron chi connectivity index (χ2n) is 5.04. The molecular formula is C12H24N3-. The number of hydrogen-bond donors (Lipinski definition) is 0. The molecule has 0 radical (unpaired) electrons. The Kier molecular flexibility index (Phi) is 4.00. The van der Waals surface area contributed by atoms with E-state index in [2.05, 4.69) is 28.8 Å². The second-order valence-corrected chi connectivity index (χ2v) is 5.04. The van der Waals surface area contributed by atoms with Gasteiger partial charge in [-0.1, -0.05) is 0 Å². The van der Waals surface area contributed by atoms with Crippen molar-refractivity contribution in [2.45, 2.75) is 25.3 Å². The van der Waals surface area contributed by atoms with E-state index in [0.717, 1.165) is 12.6 Å². The monoisotopic (exact) mass is 210 g/mol. The third-order valence-electron chi connectivity index (χ3n) is 3.83. The van der Waals surface area contributed by atoms with E-state index >= 15 is 0 Å². The van der Waals surface area contributed by atoms with Crippen LogP contribution in [0.2, 0.25) is 0 Å². The minimum absolute atomic E-state index is 0.840. The first-order valence-electron chi connectivity index (χ1n) is 6.24. The third-order valence-corrected chi connectivity index (χ3v) is 3.83. The van der Waals surface area contributed by atoms with Crippen LogP contribution in [0.25, 0.3) is 0 Å². The summed E-state index contributed by atoms with van der Waals surface area (Å²) >= 11 is 0. The van der Waals surface area contributed by atoms with Crippen molar-refractivity contribution in [2.24, 2.45) is 0 Å². The molecule has 0 bridgehead atoms. The predicted molar refractivity (Wildman–Crippen MR) is 63.6 cm³/mol. The Hall–Kier alpha value is -0.120. The quantitative estimate of drug-likeness (QED) is 0.595. The van der Waals surface area contributed by atoms with Crippen molar-refractivity contribution >= 4 is 0 Å². The Labute approximate surface area is 94.0 Å². The molecule has 2 fully saturated rings. The molecule has 3 heteroatoms. The lowest BCUT2D eigenvalue weighted by molar-refractivity contribution is 0.125. The van der Waals surface area contributed by atoms with Crippen molar-refractivity contribution in [1.82, 2.24) is 14.7 Å². The highest BCUT2D eigenvalue weighted by Crippen LogP contribution is 2.17. The highest BCUT2D eigenvalue weighted by Gasteiger charge is 2.23. The lowest BCUT2D eigenvalue weighted by Gasteiger charge is -2.37. The zero-order chi connectivity index (χ0) is 10.7. The van der Waals surface area contributed by atoms with Crippen LogP contribution in [0.4, 0.5) is 0 Å². The second kappa shape index (κ2) is 5.28. The molecule has 0 saturated carbocycles. The molecule has 0 atom stereocenters. The minimum atomic E-state index is 0.840. The van der Waals surface area contributed by atoms with E-state index in [4.69, 9.17) is 0 Å². The van der Waals surface area contributed by atoms with Crippen LogP contribution in [0.1, 0.15) is 19.3 Å². The highest BCUT2D eigenvalue weighted by molar-refractivity contribution is 4.81. The van der Waals surface area contributed by atoms with Gasteiger partial charge in [-0.15, -0.1) is 0 Å². The number of piperidine rings is 1. The Morgan fingerprint density at radius 2 is 1.67 bits per heavy atom. The average Bonchev–Trinajstić information content (AvgIpc) is 2.44. The van der Waals surface area contributed by atoms with E-state index in [1.165, 1.54) is 52.0 Å². The zero-order valence-corrected chi connectivity index (χ0v) is 9.99. The topological polar surface area (TPSA) is 9.72 Å². The molecule has 2 aliphatic rings. The molecule has 0 aromatic carbocycles. The van der Waals surface area contributed by atoms with E-state index in [-0.39, 0.29) is 0 Å². The Morgan fingerprint density at radius 3 is 2.40 bits per heavy atom. The summed E-state index contributed by atoms with van der Waals surface area (Å²) in [6.45, 7) is 7.36. The molecule has 0 N–H and O–H groups in total. The van der Waals surface area contributed by atoms with E-state index in [9.17, 15) is 0 Å². The number of nitrogens with zero attached hydrogens (tertiary/aromatic N) is 3. The largest absolute Gasteiger partial charge is 0.458 e. The van der Waals surface area contributed by atoms with Gasteiger partial charge in [-0.2, -0.15) is 0 Å². The van der Waals surface area contributed by atoms with E-state index in [0.29, 0.717) is 0 Å². The van der Waals surface area contributed by atoms with Crippen molar-refractivity contribution in [1.29, 1.82) is 0 Å². The van der Waals surface area contributed by atoms with E-state index < -0.39 is 0 Å². The summed E-state index contributed by atoms with van der Waals surface area (Å²) in [5.41, 5.74) is 0. The standard InChI is InChI=1S/C12H24N3/c1-13-6-3-7-15(11-10-13)12-4-8-14(2)9-5-12/h12H,1,3-11H2,2H3/q-1. The minimum Gasteiger partial charge on any atom is -0.458 e. The average molecular weight is 210 g/mol. The van der Waals surface area contributed by atoms with Gasteiger partial charge in [-0.3, -0.25) is 11.9 Å². The van der Waals surface area contributed by atoms with Gasteiger partial charge >= 0.3 is 0 Å². The first-order valence-corrected chi connectivity index (χ1v) is 6.24. The Morgan fingerprint density at radius 1 is 0.933 bits per heavy atom. The highest BCUT2D eigenvalue weighted by atomic mass is 15.2. The maximum atomic E-state index is 4.05. The van der Waals surface area contributed by atoms with Gasteiger partial charge in [0.1, 0.15) is 0 Å². The van der Waals surface area contributed by atoms with E-state index in [1.54, 1.807) is 0 Å². The molecule has 15 heavy (non-hydrogen) atoms. The fourth-order valence-electron chi connectivity index (χ4n) is 2.72. The normalized spacial score (nSPS) is 29.2. The fourth-order valence-corrected chi connectivity index (χ4v) is 2.72. The van der Waals surface area contributed by atoms with Gasteiger partial charge in [0.15, 0.2) is 0 Å². The van der Waals surface area contributed by atoms with Gasteiger partial charge in [0, 0.05) is 12.6 Å². The number of likely N-dealkylation sites (tertiary alicyclic amines) is 1. The molecule has 2 saturated heterocycles. The van der Waals surface area contributed by atoms with Crippen LogP contribution in [-0.2, 0) is 0 Å². The lowest BCUT2D eigenvalue weighted by Crippen LogP contribution is -2.44. The van der Waals surface area contributed by atoms with Crippen molar-refractivity contribution in [3.63, 3.8) is 0 Å². The first-order chi connectivity index (χ1) is 7.25. The van der Waals surface area contributed by atoms with Gasteiger partial charge in [-0.25, -0.2) is 0 Å². The molecule has 0 aliphatic carbocycles. The molecular weight excluding hydrogens is 186 g/mol. The van der Waals surface area contributed by atoms with Crippen LogP contribution in [0.3, 0.4) is 0 Å². The molecule has 0 aromatic rings. The smallest absolute Gasteiger partial charge is 0.0120 e. The Balaban J connectivity index is 1.82. The maximum absolute atomic E-state index is 4.05. The van der Waals surface area contributed by atoms with Crippen LogP contribution < -0.4 is 0 Å².